The molecule has 2 aromatic rings. The first-order valence-electron chi connectivity index (χ1n) is 8.55. The van der Waals surface area contributed by atoms with Gasteiger partial charge in [0.15, 0.2) is 11.5 Å². The van der Waals surface area contributed by atoms with Gasteiger partial charge < -0.3 is 14.7 Å². The van der Waals surface area contributed by atoms with Crippen LogP contribution in [-0.4, -0.2) is 38.1 Å². The van der Waals surface area contributed by atoms with Gasteiger partial charge in [-0.05, 0) is 12.1 Å². The predicted molar refractivity (Wildman–Crippen MR) is 96.2 cm³/mol. The van der Waals surface area contributed by atoms with Crippen molar-refractivity contribution in [2.75, 3.05) is 26.7 Å². The molecular weight excluding hydrogens is 300 g/mol. The van der Waals surface area contributed by atoms with Crippen LogP contribution in [0.15, 0.2) is 53.5 Å². The first-order chi connectivity index (χ1) is 11.8. The number of aliphatic imine (C=N–C) groups is 1. The number of hydrogen-bond donors (Lipinski definition) is 2. The van der Waals surface area contributed by atoms with Gasteiger partial charge in [0.1, 0.15) is 6.04 Å². The molecule has 1 atom stereocenters. The van der Waals surface area contributed by atoms with Gasteiger partial charge in [-0.3, -0.25) is 4.99 Å². The lowest BCUT2D eigenvalue weighted by Gasteiger charge is -2.23. The van der Waals surface area contributed by atoms with Crippen molar-refractivity contribution in [2.24, 2.45) is 4.99 Å². The summed E-state index contributed by atoms with van der Waals surface area (Å²) in [6.45, 7) is 3.13. The number of benzene rings is 2. The number of likely N-dealkylation sites (tertiary alicyclic amines) is 1. The van der Waals surface area contributed by atoms with Crippen molar-refractivity contribution >= 4 is 6.21 Å². The first kappa shape index (κ1) is 16.5. The van der Waals surface area contributed by atoms with Gasteiger partial charge >= 0.3 is 0 Å². The molecule has 1 heterocycles. The molecule has 0 aliphatic carbocycles. The molecule has 24 heavy (non-hydrogen) atoms. The molecular formula is C20H25N2O2+. The molecule has 2 N–H and O–H groups in total. The lowest BCUT2D eigenvalue weighted by molar-refractivity contribution is -0.918. The van der Waals surface area contributed by atoms with Crippen LogP contribution in [0.4, 0.5) is 0 Å². The number of hydrogen-bond acceptors (Lipinski definition) is 3. The second kappa shape index (κ2) is 7.97. The van der Waals surface area contributed by atoms with E-state index in [9.17, 15) is 5.11 Å². The molecule has 1 fully saturated rings. The minimum absolute atomic E-state index is 0.147. The Morgan fingerprint density at radius 3 is 2.58 bits per heavy atom. The molecule has 1 saturated heterocycles. The molecule has 0 unspecified atom stereocenters. The fraction of sp³-hybridized carbons (Fsp3) is 0.350. The molecule has 2 aromatic carbocycles. The average molecular weight is 325 g/mol. The van der Waals surface area contributed by atoms with Gasteiger partial charge in [-0.2, -0.15) is 0 Å². The third-order valence-corrected chi connectivity index (χ3v) is 4.71. The normalized spacial score (nSPS) is 16.5. The Labute approximate surface area is 143 Å². The van der Waals surface area contributed by atoms with E-state index in [1.54, 1.807) is 24.3 Å². The molecule has 126 valence electrons. The van der Waals surface area contributed by atoms with Crippen molar-refractivity contribution < 1.29 is 14.7 Å². The van der Waals surface area contributed by atoms with Crippen molar-refractivity contribution in [3.63, 3.8) is 0 Å². The summed E-state index contributed by atoms with van der Waals surface area (Å²) >= 11 is 0. The molecule has 3 rings (SSSR count). The molecule has 0 radical (unpaired) electrons. The molecule has 0 spiro atoms. The van der Waals surface area contributed by atoms with Crippen molar-refractivity contribution in [2.45, 2.75) is 18.9 Å². The van der Waals surface area contributed by atoms with Crippen molar-refractivity contribution in [3.8, 4) is 11.5 Å². The van der Waals surface area contributed by atoms with E-state index in [1.165, 1.54) is 31.5 Å². The minimum atomic E-state index is 0.147. The Bertz CT molecular complexity index is 679. The SMILES string of the molecule is COc1cccc(C=NC[C@@H](c2ccccc2)[NH+]2CCCC2)c1O. The molecule has 0 bridgehead atoms. The summed E-state index contributed by atoms with van der Waals surface area (Å²) in [7, 11) is 1.55. The topological polar surface area (TPSA) is 46.3 Å². The Hall–Kier alpha value is -2.33. The fourth-order valence-electron chi connectivity index (χ4n) is 3.40. The summed E-state index contributed by atoms with van der Waals surface area (Å²) in [6.07, 6.45) is 4.33. The van der Waals surface area contributed by atoms with E-state index >= 15 is 0 Å². The number of rotatable bonds is 6. The Morgan fingerprint density at radius 2 is 1.88 bits per heavy atom. The number of quaternary nitrogens is 1. The molecule has 1 aliphatic rings. The zero-order valence-electron chi connectivity index (χ0n) is 14.1. The van der Waals surface area contributed by atoms with Gasteiger partial charge in [-0.25, -0.2) is 0 Å². The zero-order valence-corrected chi connectivity index (χ0v) is 14.1. The van der Waals surface area contributed by atoms with Crippen LogP contribution in [0.2, 0.25) is 0 Å². The van der Waals surface area contributed by atoms with Crippen LogP contribution in [0.3, 0.4) is 0 Å². The molecule has 4 nitrogen and oxygen atoms in total. The van der Waals surface area contributed by atoms with Crippen LogP contribution in [0, 0.1) is 0 Å². The van der Waals surface area contributed by atoms with Crippen molar-refractivity contribution in [1.29, 1.82) is 0 Å². The van der Waals surface area contributed by atoms with E-state index in [4.69, 9.17) is 4.74 Å². The van der Waals surface area contributed by atoms with Gasteiger partial charge in [-0.1, -0.05) is 36.4 Å². The van der Waals surface area contributed by atoms with Crippen LogP contribution in [0.1, 0.15) is 30.0 Å². The second-order valence-corrected chi connectivity index (χ2v) is 6.22. The largest absolute Gasteiger partial charge is 0.504 e. The Kier molecular flexibility index (Phi) is 5.49. The van der Waals surface area contributed by atoms with E-state index in [0.717, 1.165) is 6.54 Å². The highest BCUT2D eigenvalue weighted by Gasteiger charge is 2.26. The minimum Gasteiger partial charge on any atom is -0.504 e. The standard InChI is InChI=1S/C20H24N2O2/c1-24-19-11-7-10-17(20(19)23)14-21-15-18(22-12-5-6-13-22)16-8-3-2-4-9-16/h2-4,7-11,14,18,23H,5-6,12-13,15H2,1H3/p+1/t18-/m0/s1. The van der Waals surface area contributed by atoms with Gasteiger partial charge in [0.2, 0.25) is 0 Å². The number of phenols is 1. The van der Waals surface area contributed by atoms with Gasteiger partial charge in [-0.15, -0.1) is 0 Å². The summed E-state index contributed by atoms with van der Waals surface area (Å²) in [5.74, 6) is 0.622. The van der Waals surface area contributed by atoms with E-state index < -0.39 is 0 Å². The smallest absolute Gasteiger partial charge is 0.166 e. The summed E-state index contributed by atoms with van der Waals surface area (Å²) in [4.78, 5) is 6.24. The third kappa shape index (κ3) is 3.77. The number of ether oxygens (including phenoxy) is 1. The van der Waals surface area contributed by atoms with Crippen LogP contribution in [0.25, 0.3) is 0 Å². The van der Waals surface area contributed by atoms with E-state index in [2.05, 4.69) is 35.3 Å². The molecule has 0 aromatic heterocycles. The van der Waals surface area contributed by atoms with E-state index in [0.29, 0.717) is 17.4 Å². The molecule has 0 amide bonds. The first-order valence-corrected chi connectivity index (χ1v) is 8.55. The van der Waals surface area contributed by atoms with Crippen LogP contribution >= 0.6 is 0 Å². The van der Waals surface area contributed by atoms with Crippen molar-refractivity contribution in [3.05, 3.63) is 59.7 Å². The van der Waals surface area contributed by atoms with Crippen LogP contribution < -0.4 is 9.64 Å². The molecule has 1 aliphatic heterocycles. The summed E-state index contributed by atoms with van der Waals surface area (Å²) in [5.41, 5.74) is 2.03. The Balaban J connectivity index is 1.76. The number of nitrogens with one attached hydrogen (secondary N) is 1. The summed E-state index contributed by atoms with van der Waals surface area (Å²) < 4.78 is 5.15. The maximum Gasteiger partial charge on any atom is 0.166 e. The molecule has 4 heteroatoms. The monoisotopic (exact) mass is 325 g/mol. The van der Waals surface area contributed by atoms with E-state index in [1.807, 2.05) is 12.1 Å². The maximum atomic E-state index is 10.2. The van der Waals surface area contributed by atoms with E-state index in [-0.39, 0.29) is 5.75 Å². The van der Waals surface area contributed by atoms with Gasteiger partial charge in [0.25, 0.3) is 0 Å². The third-order valence-electron chi connectivity index (χ3n) is 4.71. The van der Waals surface area contributed by atoms with Crippen LogP contribution in [0.5, 0.6) is 11.5 Å². The number of aromatic hydroxyl groups is 1. The molecule has 0 saturated carbocycles. The summed E-state index contributed by atoms with van der Waals surface area (Å²) in [5, 5.41) is 10.2. The van der Waals surface area contributed by atoms with Crippen LogP contribution in [-0.2, 0) is 0 Å². The number of phenolic OH excluding ortho intramolecular Hbond substituents is 1. The lowest BCUT2D eigenvalue weighted by Crippen LogP contribution is -3.10. The lowest BCUT2D eigenvalue weighted by atomic mass is 10.1. The highest BCUT2D eigenvalue weighted by Crippen LogP contribution is 2.28. The highest BCUT2D eigenvalue weighted by molar-refractivity contribution is 5.84. The van der Waals surface area contributed by atoms with Gasteiger partial charge in [0, 0.05) is 30.2 Å². The highest BCUT2D eigenvalue weighted by atomic mass is 16.5. The number of methoxy groups -OCH3 is 1. The average Bonchev–Trinajstić information content (AvgIpc) is 3.15. The fourth-order valence-corrected chi connectivity index (χ4v) is 3.40. The zero-order chi connectivity index (χ0) is 16.8. The Morgan fingerprint density at radius 1 is 1.12 bits per heavy atom. The van der Waals surface area contributed by atoms with Crippen molar-refractivity contribution in [1.82, 2.24) is 0 Å². The number of nitrogens with zero attached hydrogens (tertiary/aromatic N) is 1. The number of para-hydroxylation sites is 1. The predicted octanol–water partition coefficient (Wildman–Crippen LogP) is 2.24. The summed E-state index contributed by atoms with van der Waals surface area (Å²) in [6, 6.07) is 16.4. The second-order valence-electron chi connectivity index (χ2n) is 6.22. The maximum absolute atomic E-state index is 10.2. The quantitative estimate of drug-likeness (QED) is 0.800. The van der Waals surface area contributed by atoms with Gasteiger partial charge in [0.05, 0.1) is 26.7 Å².